The van der Waals surface area contributed by atoms with E-state index in [4.69, 9.17) is 9.97 Å². The molecule has 0 N–H and O–H groups in total. The number of nitrogens with zero attached hydrogens (tertiary/aromatic N) is 5. The molecule has 2 aromatic rings. The molecule has 0 radical (unpaired) electrons. The van der Waals surface area contributed by atoms with Gasteiger partial charge in [0.1, 0.15) is 0 Å². The molecule has 1 fully saturated rings. The lowest BCUT2D eigenvalue weighted by Crippen LogP contribution is -2.36. The zero-order chi connectivity index (χ0) is 17.1. The van der Waals surface area contributed by atoms with Gasteiger partial charge in [-0.2, -0.15) is 5.10 Å². The highest BCUT2D eigenvalue weighted by molar-refractivity contribution is 7.09. The summed E-state index contributed by atoms with van der Waals surface area (Å²) in [6.07, 6.45) is 4.15. The van der Waals surface area contributed by atoms with Crippen molar-refractivity contribution in [3.8, 4) is 0 Å². The summed E-state index contributed by atoms with van der Waals surface area (Å²) in [6.45, 7) is 10.6. The summed E-state index contributed by atoms with van der Waals surface area (Å²) in [5, 5.41) is 12.3. The van der Waals surface area contributed by atoms with E-state index in [9.17, 15) is 0 Å². The average molecular weight is 346 g/mol. The maximum Gasteiger partial charge on any atom is 0.245 e. The van der Waals surface area contributed by atoms with Crippen LogP contribution < -0.4 is 4.90 Å². The van der Waals surface area contributed by atoms with Crippen LogP contribution in [0, 0.1) is 0 Å². The molecule has 6 heteroatoms. The quantitative estimate of drug-likeness (QED) is 0.821. The van der Waals surface area contributed by atoms with Crippen molar-refractivity contribution in [3.05, 3.63) is 27.5 Å². The molecule has 3 rings (SSSR count). The molecule has 3 heterocycles. The van der Waals surface area contributed by atoms with Crippen molar-refractivity contribution in [3.63, 3.8) is 0 Å². The number of hydrogen-bond acceptors (Lipinski definition) is 6. The Morgan fingerprint density at radius 3 is 2.62 bits per heavy atom. The fraction of sp³-hybridized carbons (Fsp3) is 0.667. The van der Waals surface area contributed by atoms with Gasteiger partial charge in [0.05, 0.1) is 22.1 Å². The maximum absolute atomic E-state index is 4.86. The fourth-order valence-electron chi connectivity index (χ4n) is 3.18. The number of hydrogen-bond donors (Lipinski definition) is 0. The zero-order valence-corrected chi connectivity index (χ0v) is 15.9. The summed E-state index contributed by atoms with van der Waals surface area (Å²) < 4.78 is 0. The summed E-state index contributed by atoms with van der Waals surface area (Å²) in [4.78, 5) is 11.9. The highest BCUT2D eigenvalue weighted by Gasteiger charge is 2.26. The first kappa shape index (κ1) is 17.3. The lowest BCUT2D eigenvalue weighted by Gasteiger charge is -2.31. The van der Waals surface area contributed by atoms with Crippen molar-refractivity contribution in [1.29, 1.82) is 0 Å². The van der Waals surface area contributed by atoms with E-state index in [1.54, 1.807) is 11.3 Å². The van der Waals surface area contributed by atoms with E-state index in [0.717, 1.165) is 49.7 Å². The van der Waals surface area contributed by atoms with Crippen LogP contribution in [-0.4, -0.2) is 33.3 Å². The van der Waals surface area contributed by atoms with Crippen LogP contribution in [0.4, 0.5) is 5.95 Å². The average Bonchev–Trinajstić information content (AvgIpc) is 3.11. The van der Waals surface area contributed by atoms with Gasteiger partial charge in [-0.05, 0) is 31.6 Å². The van der Waals surface area contributed by atoms with E-state index in [1.807, 2.05) is 0 Å². The van der Waals surface area contributed by atoms with E-state index >= 15 is 0 Å². The van der Waals surface area contributed by atoms with Gasteiger partial charge in [-0.1, -0.05) is 27.7 Å². The lowest BCUT2D eigenvalue weighted by molar-refractivity contribution is 0.498. The van der Waals surface area contributed by atoms with Gasteiger partial charge in [0.25, 0.3) is 0 Å². The second-order valence-corrected chi connectivity index (χ2v) is 7.65. The third-order valence-corrected chi connectivity index (χ3v) is 5.71. The lowest BCUT2D eigenvalue weighted by atomic mass is 9.99. The highest BCUT2D eigenvalue weighted by Crippen LogP contribution is 2.32. The number of aryl methyl sites for hydroxylation is 2. The Balaban J connectivity index is 1.77. The van der Waals surface area contributed by atoms with Crippen molar-refractivity contribution >= 4 is 17.3 Å². The number of anilines is 1. The predicted molar refractivity (Wildman–Crippen MR) is 99.0 cm³/mol. The van der Waals surface area contributed by atoms with Gasteiger partial charge in [-0.25, -0.2) is 9.97 Å². The standard InChI is InChI=1S/C18H27N5S/c1-5-14-15(6-2)21-22-18(20-14)23-9-7-8-13(10-23)17-19-16(11-24-17)12(3)4/h11-13H,5-10H2,1-4H3. The molecule has 1 aliphatic rings. The number of rotatable bonds is 5. The van der Waals surface area contributed by atoms with Gasteiger partial charge >= 0.3 is 0 Å². The molecule has 1 unspecified atom stereocenters. The summed E-state index contributed by atoms with van der Waals surface area (Å²) in [7, 11) is 0. The Kier molecular flexibility index (Phi) is 5.43. The minimum absolute atomic E-state index is 0.482. The molecule has 0 saturated carbocycles. The maximum atomic E-state index is 4.86. The largest absolute Gasteiger partial charge is 0.339 e. The second kappa shape index (κ2) is 7.55. The summed E-state index contributed by atoms with van der Waals surface area (Å²) in [6, 6.07) is 0. The molecule has 1 atom stereocenters. The van der Waals surface area contributed by atoms with E-state index in [2.05, 4.69) is 48.2 Å². The van der Waals surface area contributed by atoms with Gasteiger partial charge in [0.15, 0.2) is 0 Å². The van der Waals surface area contributed by atoms with Crippen LogP contribution in [0.25, 0.3) is 0 Å². The minimum atomic E-state index is 0.482. The summed E-state index contributed by atoms with van der Waals surface area (Å²) in [5.74, 6) is 1.76. The number of piperidine rings is 1. The molecule has 0 spiro atoms. The fourth-order valence-corrected chi connectivity index (χ4v) is 4.29. The Hall–Kier alpha value is -1.56. The SMILES string of the molecule is CCc1nnc(N2CCCC(c3nc(C(C)C)cs3)C2)nc1CC. The predicted octanol–water partition coefficient (Wildman–Crippen LogP) is 3.96. The van der Waals surface area contributed by atoms with Crippen molar-refractivity contribution < 1.29 is 0 Å². The van der Waals surface area contributed by atoms with Gasteiger partial charge in [0.2, 0.25) is 5.95 Å². The molecule has 130 valence electrons. The first-order chi connectivity index (χ1) is 11.6. The van der Waals surface area contributed by atoms with Crippen LogP contribution in [0.3, 0.4) is 0 Å². The molecule has 0 amide bonds. The van der Waals surface area contributed by atoms with Crippen LogP contribution in [-0.2, 0) is 12.8 Å². The molecule has 1 saturated heterocycles. The molecule has 5 nitrogen and oxygen atoms in total. The molecular formula is C18H27N5S. The Morgan fingerprint density at radius 1 is 1.17 bits per heavy atom. The van der Waals surface area contributed by atoms with E-state index in [-0.39, 0.29) is 0 Å². The van der Waals surface area contributed by atoms with Crippen LogP contribution in [0.2, 0.25) is 0 Å². The smallest absolute Gasteiger partial charge is 0.245 e. The monoisotopic (exact) mass is 345 g/mol. The number of thiazole rings is 1. The summed E-state index contributed by atoms with van der Waals surface area (Å²) in [5.41, 5.74) is 3.32. The molecule has 2 aromatic heterocycles. The van der Waals surface area contributed by atoms with Gasteiger partial charge in [-0.15, -0.1) is 16.4 Å². The van der Waals surface area contributed by atoms with Crippen LogP contribution >= 0.6 is 11.3 Å². The molecule has 1 aliphatic heterocycles. The molecule has 0 aliphatic carbocycles. The van der Waals surface area contributed by atoms with Crippen LogP contribution in [0.15, 0.2) is 5.38 Å². The Labute approximate surface area is 148 Å². The number of aromatic nitrogens is 4. The van der Waals surface area contributed by atoms with Crippen molar-refractivity contribution in [1.82, 2.24) is 20.2 Å². The van der Waals surface area contributed by atoms with Crippen LogP contribution in [0.5, 0.6) is 0 Å². The van der Waals surface area contributed by atoms with Crippen molar-refractivity contribution in [2.75, 3.05) is 18.0 Å². The molecule has 24 heavy (non-hydrogen) atoms. The Bertz CT molecular complexity index is 682. The Morgan fingerprint density at radius 2 is 1.96 bits per heavy atom. The normalized spacial score (nSPS) is 18.4. The van der Waals surface area contributed by atoms with E-state index in [1.165, 1.54) is 17.1 Å². The first-order valence-electron chi connectivity index (χ1n) is 9.05. The molecule has 0 aromatic carbocycles. The van der Waals surface area contributed by atoms with Gasteiger partial charge in [0, 0.05) is 24.4 Å². The zero-order valence-electron chi connectivity index (χ0n) is 15.1. The van der Waals surface area contributed by atoms with E-state index < -0.39 is 0 Å². The topological polar surface area (TPSA) is 54.8 Å². The van der Waals surface area contributed by atoms with Gasteiger partial charge in [-0.3, -0.25) is 0 Å². The third-order valence-electron chi connectivity index (χ3n) is 4.68. The molecular weight excluding hydrogens is 318 g/mol. The van der Waals surface area contributed by atoms with Crippen LogP contribution in [0.1, 0.15) is 74.5 Å². The van der Waals surface area contributed by atoms with Gasteiger partial charge < -0.3 is 4.90 Å². The minimum Gasteiger partial charge on any atom is -0.339 e. The second-order valence-electron chi connectivity index (χ2n) is 6.76. The summed E-state index contributed by atoms with van der Waals surface area (Å²) >= 11 is 1.80. The van der Waals surface area contributed by atoms with Crippen molar-refractivity contribution in [2.45, 2.75) is 65.2 Å². The van der Waals surface area contributed by atoms with E-state index in [0.29, 0.717) is 11.8 Å². The highest BCUT2D eigenvalue weighted by atomic mass is 32.1. The van der Waals surface area contributed by atoms with Crippen molar-refractivity contribution in [2.24, 2.45) is 0 Å². The molecule has 0 bridgehead atoms. The third kappa shape index (κ3) is 3.58. The first-order valence-corrected chi connectivity index (χ1v) is 9.93.